The van der Waals surface area contributed by atoms with Crippen molar-refractivity contribution in [2.45, 2.75) is 6.54 Å². The first-order valence-corrected chi connectivity index (χ1v) is 12.5. The summed E-state index contributed by atoms with van der Waals surface area (Å²) in [5, 5.41) is 24.5. The molecule has 1 aliphatic rings. The summed E-state index contributed by atoms with van der Waals surface area (Å²) in [6.45, 7) is 3.53. The van der Waals surface area contributed by atoms with Gasteiger partial charge in [-0.2, -0.15) is 5.26 Å². The van der Waals surface area contributed by atoms with Crippen LogP contribution in [-0.4, -0.2) is 54.5 Å². The Bertz CT molecular complexity index is 1510. The van der Waals surface area contributed by atoms with Crippen molar-refractivity contribution in [3.05, 3.63) is 69.7 Å². The molecule has 2 aromatic carbocycles. The van der Waals surface area contributed by atoms with E-state index in [4.69, 9.17) is 4.98 Å². The lowest BCUT2D eigenvalue weighted by Gasteiger charge is -2.30. The molecule has 0 atom stereocenters. The molecule has 37 heavy (non-hydrogen) atoms. The third kappa shape index (κ3) is 5.17. The van der Waals surface area contributed by atoms with Gasteiger partial charge in [-0.05, 0) is 42.5 Å². The molecule has 3 heterocycles. The summed E-state index contributed by atoms with van der Waals surface area (Å²) in [6.07, 6.45) is 1.73. The van der Waals surface area contributed by atoms with Gasteiger partial charge in [0.25, 0.3) is 5.56 Å². The summed E-state index contributed by atoms with van der Waals surface area (Å²) in [7, 11) is 1.84. The molecule has 8 nitrogen and oxygen atoms in total. The van der Waals surface area contributed by atoms with Crippen LogP contribution in [0.4, 0.5) is 20.9 Å². The zero-order chi connectivity index (χ0) is 25.2. The minimum atomic E-state index is -0.359. The Hall–Kier alpha value is -3.49. The molecule has 0 amide bonds. The standard InChI is InChI=1S/C26H25FN6O2S.ClH/c1-31(26-30-24(23(15-28)36-26)17-2-4-18(27)5-3-17)22-16-33(12-13-34)25(35)20-7-6-19(14-21(20)22)32-10-8-29-9-11-32;/h2-7,14,16,29,34H,8-13H2,1H3;1H. The maximum absolute atomic E-state index is 13.4. The predicted molar refractivity (Wildman–Crippen MR) is 148 cm³/mol. The third-order valence-corrected chi connectivity index (χ3v) is 7.39. The smallest absolute Gasteiger partial charge is 0.258 e. The number of benzene rings is 2. The minimum absolute atomic E-state index is 0. The van der Waals surface area contributed by atoms with Crippen LogP contribution >= 0.6 is 23.7 Å². The lowest BCUT2D eigenvalue weighted by Crippen LogP contribution is -2.43. The van der Waals surface area contributed by atoms with Crippen LogP contribution in [0.1, 0.15) is 4.88 Å². The maximum Gasteiger partial charge on any atom is 0.258 e. The molecule has 2 N–H and O–H groups in total. The number of aliphatic hydroxyl groups is 1. The SMILES string of the molecule is CN(c1nc(-c2ccc(F)cc2)c(C#N)s1)c1cn(CCO)c(=O)c2ccc(N3CCNCC3)cc12.Cl. The molecule has 1 fully saturated rings. The Labute approximate surface area is 223 Å². The van der Waals surface area contributed by atoms with Crippen LogP contribution in [0.3, 0.4) is 0 Å². The number of nitriles is 1. The molecular weight excluding hydrogens is 515 g/mol. The zero-order valence-corrected chi connectivity index (χ0v) is 21.8. The highest BCUT2D eigenvalue weighted by atomic mass is 35.5. The van der Waals surface area contributed by atoms with Crippen LogP contribution in [0.5, 0.6) is 0 Å². The lowest BCUT2D eigenvalue weighted by atomic mass is 10.1. The molecule has 0 bridgehead atoms. The first-order valence-electron chi connectivity index (χ1n) is 11.6. The second-order valence-corrected chi connectivity index (χ2v) is 9.53. The highest BCUT2D eigenvalue weighted by Gasteiger charge is 2.21. The largest absolute Gasteiger partial charge is 0.395 e. The number of thiazole rings is 1. The fourth-order valence-electron chi connectivity index (χ4n) is 4.46. The fourth-order valence-corrected chi connectivity index (χ4v) is 5.32. The van der Waals surface area contributed by atoms with Crippen molar-refractivity contribution in [1.29, 1.82) is 5.26 Å². The number of hydrogen-bond acceptors (Lipinski definition) is 8. The van der Waals surface area contributed by atoms with E-state index in [1.54, 1.807) is 18.3 Å². The first-order chi connectivity index (χ1) is 17.5. The van der Waals surface area contributed by atoms with Crippen molar-refractivity contribution in [2.75, 3.05) is 49.6 Å². The van der Waals surface area contributed by atoms with Gasteiger partial charge in [0, 0.05) is 68.0 Å². The topological polar surface area (TPSA) is 97.4 Å². The fraction of sp³-hybridized carbons (Fsp3) is 0.269. The monoisotopic (exact) mass is 540 g/mol. The number of rotatable bonds is 6. The van der Waals surface area contributed by atoms with E-state index in [0.29, 0.717) is 26.7 Å². The molecule has 1 aliphatic heterocycles. The summed E-state index contributed by atoms with van der Waals surface area (Å²) in [5.74, 6) is -0.359. The summed E-state index contributed by atoms with van der Waals surface area (Å²) >= 11 is 1.23. The Morgan fingerprint density at radius 2 is 1.92 bits per heavy atom. The highest BCUT2D eigenvalue weighted by molar-refractivity contribution is 7.16. The second kappa shape index (κ2) is 11.3. The van der Waals surface area contributed by atoms with Crippen LogP contribution < -0.4 is 20.7 Å². The minimum Gasteiger partial charge on any atom is -0.395 e. The van der Waals surface area contributed by atoms with E-state index in [9.17, 15) is 19.6 Å². The lowest BCUT2D eigenvalue weighted by molar-refractivity contribution is 0.274. The van der Waals surface area contributed by atoms with Gasteiger partial charge in [0.15, 0.2) is 5.13 Å². The average Bonchev–Trinajstić information content (AvgIpc) is 3.35. The predicted octanol–water partition coefficient (Wildman–Crippen LogP) is 3.73. The molecule has 0 unspecified atom stereocenters. The molecular formula is C26H26ClFN6O2S. The van der Waals surface area contributed by atoms with Crippen molar-refractivity contribution in [1.82, 2.24) is 14.9 Å². The Kier molecular flexibility index (Phi) is 8.10. The van der Waals surface area contributed by atoms with Crippen molar-refractivity contribution in [3.8, 4) is 17.3 Å². The van der Waals surface area contributed by atoms with Gasteiger partial charge in [0.05, 0.1) is 12.3 Å². The molecule has 0 saturated carbocycles. The maximum atomic E-state index is 13.4. The van der Waals surface area contributed by atoms with E-state index in [1.165, 1.54) is 28.0 Å². The Morgan fingerprint density at radius 1 is 1.19 bits per heavy atom. The zero-order valence-electron chi connectivity index (χ0n) is 20.1. The van der Waals surface area contributed by atoms with Gasteiger partial charge >= 0.3 is 0 Å². The number of fused-ring (bicyclic) bond motifs is 1. The van der Waals surface area contributed by atoms with Crippen LogP contribution in [0.25, 0.3) is 22.0 Å². The first kappa shape index (κ1) is 26.6. The Balaban J connectivity index is 0.00000320. The second-order valence-electron chi connectivity index (χ2n) is 8.56. The van der Waals surface area contributed by atoms with Gasteiger partial charge in [-0.15, -0.1) is 12.4 Å². The summed E-state index contributed by atoms with van der Waals surface area (Å²) in [6, 6.07) is 13.9. The molecule has 5 rings (SSSR count). The van der Waals surface area contributed by atoms with E-state index in [1.807, 2.05) is 30.1 Å². The number of anilines is 3. The quantitative estimate of drug-likeness (QED) is 0.384. The van der Waals surface area contributed by atoms with E-state index < -0.39 is 0 Å². The number of halogens is 2. The van der Waals surface area contributed by atoms with Gasteiger partial charge in [0.1, 0.15) is 22.5 Å². The molecule has 1 saturated heterocycles. The van der Waals surface area contributed by atoms with Gasteiger partial charge in [-0.25, -0.2) is 9.37 Å². The molecule has 0 spiro atoms. The molecule has 4 aromatic rings. The van der Waals surface area contributed by atoms with Crippen molar-refractivity contribution >= 4 is 51.0 Å². The molecule has 2 aromatic heterocycles. The highest BCUT2D eigenvalue weighted by Crippen LogP contribution is 2.38. The van der Waals surface area contributed by atoms with E-state index in [-0.39, 0.29) is 36.9 Å². The van der Waals surface area contributed by atoms with Crippen LogP contribution in [0.2, 0.25) is 0 Å². The number of nitrogens with one attached hydrogen (secondary N) is 1. The molecule has 11 heteroatoms. The number of piperazine rings is 1. The van der Waals surface area contributed by atoms with Gasteiger partial charge in [0.2, 0.25) is 0 Å². The molecule has 192 valence electrons. The third-order valence-electron chi connectivity index (χ3n) is 6.35. The van der Waals surface area contributed by atoms with E-state index in [0.717, 1.165) is 42.9 Å². The summed E-state index contributed by atoms with van der Waals surface area (Å²) < 4.78 is 14.9. The summed E-state index contributed by atoms with van der Waals surface area (Å²) in [5.41, 5.74) is 2.73. The van der Waals surface area contributed by atoms with Gasteiger partial charge in [-0.1, -0.05) is 11.3 Å². The van der Waals surface area contributed by atoms with Gasteiger partial charge < -0.3 is 24.8 Å². The van der Waals surface area contributed by atoms with E-state index >= 15 is 0 Å². The number of aromatic nitrogens is 2. The van der Waals surface area contributed by atoms with Crippen LogP contribution in [0, 0.1) is 17.1 Å². The van der Waals surface area contributed by atoms with Gasteiger partial charge in [-0.3, -0.25) is 4.79 Å². The number of aliphatic hydroxyl groups excluding tert-OH is 1. The normalized spacial score (nSPS) is 13.3. The van der Waals surface area contributed by atoms with Crippen LogP contribution in [0.15, 0.2) is 53.5 Å². The number of nitrogens with zero attached hydrogens (tertiary/aromatic N) is 5. The van der Waals surface area contributed by atoms with Crippen molar-refractivity contribution < 1.29 is 9.50 Å². The van der Waals surface area contributed by atoms with Crippen molar-refractivity contribution in [2.24, 2.45) is 0 Å². The molecule has 0 radical (unpaired) electrons. The average molecular weight is 541 g/mol. The summed E-state index contributed by atoms with van der Waals surface area (Å²) in [4.78, 5) is 22.4. The Morgan fingerprint density at radius 3 is 2.59 bits per heavy atom. The van der Waals surface area contributed by atoms with E-state index in [2.05, 4.69) is 16.3 Å². The number of pyridine rings is 1. The number of hydrogen-bond donors (Lipinski definition) is 2. The molecule has 0 aliphatic carbocycles. The van der Waals surface area contributed by atoms with Crippen molar-refractivity contribution in [3.63, 3.8) is 0 Å². The van der Waals surface area contributed by atoms with Crippen LogP contribution in [-0.2, 0) is 6.54 Å².